The Morgan fingerprint density at radius 2 is 1.88 bits per heavy atom. The third kappa shape index (κ3) is 3.25. The van der Waals surface area contributed by atoms with Crippen molar-refractivity contribution in [2.45, 2.75) is 46.0 Å². The zero-order valence-electron chi connectivity index (χ0n) is 15.3. The number of rotatable bonds is 6. The van der Waals surface area contributed by atoms with E-state index in [1.54, 1.807) is 7.11 Å². The van der Waals surface area contributed by atoms with Crippen molar-refractivity contribution in [2.75, 3.05) is 7.11 Å². The summed E-state index contributed by atoms with van der Waals surface area (Å²) in [7, 11) is 1.65. The standard InChI is InChI=1S/C21H25ClN2O/c1-5-14(6-2)15-8-11-20-23-21(19(7-3)24(20)13-15)17-10-9-16(25-4)12-18(17)22/h8-14H,5-7H2,1-4H3. The second-order valence-corrected chi connectivity index (χ2v) is 6.72. The van der Waals surface area contributed by atoms with Crippen LogP contribution in [0.15, 0.2) is 36.5 Å². The van der Waals surface area contributed by atoms with Gasteiger partial charge < -0.3 is 9.14 Å². The molecule has 0 saturated heterocycles. The van der Waals surface area contributed by atoms with E-state index in [9.17, 15) is 0 Å². The Balaban J connectivity index is 2.16. The molecule has 0 aliphatic carbocycles. The van der Waals surface area contributed by atoms with Crippen LogP contribution >= 0.6 is 11.6 Å². The van der Waals surface area contributed by atoms with Gasteiger partial charge in [-0.05, 0) is 55.0 Å². The van der Waals surface area contributed by atoms with Crippen LogP contribution in [0, 0.1) is 0 Å². The van der Waals surface area contributed by atoms with E-state index < -0.39 is 0 Å². The second kappa shape index (κ2) is 7.49. The van der Waals surface area contributed by atoms with E-state index in [4.69, 9.17) is 21.3 Å². The summed E-state index contributed by atoms with van der Waals surface area (Å²) >= 11 is 6.50. The fourth-order valence-corrected chi connectivity index (χ4v) is 3.74. The first kappa shape index (κ1) is 17.8. The number of fused-ring (bicyclic) bond motifs is 1. The van der Waals surface area contributed by atoms with Crippen LogP contribution in [0.25, 0.3) is 16.9 Å². The Labute approximate surface area is 154 Å². The van der Waals surface area contributed by atoms with Crippen LogP contribution in [0.1, 0.15) is 50.8 Å². The molecule has 0 fully saturated rings. The van der Waals surface area contributed by atoms with Gasteiger partial charge in [-0.15, -0.1) is 0 Å². The molecular formula is C21H25ClN2O. The summed E-state index contributed by atoms with van der Waals surface area (Å²) in [6.45, 7) is 6.65. The minimum atomic E-state index is 0.588. The summed E-state index contributed by atoms with van der Waals surface area (Å²) in [6.07, 6.45) is 5.44. The number of pyridine rings is 1. The largest absolute Gasteiger partial charge is 0.497 e. The maximum absolute atomic E-state index is 6.50. The highest BCUT2D eigenvalue weighted by Crippen LogP contribution is 2.34. The molecule has 25 heavy (non-hydrogen) atoms. The molecule has 1 aromatic carbocycles. The van der Waals surface area contributed by atoms with Crippen molar-refractivity contribution in [3.63, 3.8) is 0 Å². The van der Waals surface area contributed by atoms with Gasteiger partial charge in [0.2, 0.25) is 0 Å². The molecule has 0 atom stereocenters. The van der Waals surface area contributed by atoms with E-state index >= 15 is 0 Å². The molecule has 132 valence electrons. The van der Waals surface area contributed by atoms with Gasteiger partial charge in [0.1, 0.15) is 11.4 Å². The van der Waals surface area contributed by atoms with E-state index in [1.165, 1.54) is 11.3 Å². The summed E-state index contributed by atoms with van der Waals surface area (Å²) in [5.74, 6) is 1.34. The Bertz CT molecular complexity index is 881. The second-order valence-electron chi connectivity index (χ2n) is 6.31. The molecule has 0 bridgehead atoms. The fourth-order valence-electron chi connectivity index (χ4n) is 3.48. The van der Waals surface area contributed by atoms with Gasteiger partial charge in [0.05, 0.1) is 23.5 Å². The molecule has 0 unspecified atom stereocenters. The summed E-state index contributed by atoms with van der Waals surface area (Å²) in [6, 6.07) is 10.1. The third-order valence-electron chi connectivity index (χ3n) is 4.96. The lowest BCUT2D eigenvalue weighted by Gasteiger charge is -2.13. The van der Waals surface area contributed by atoms with E-state index in [0.717, 1.165) is 41.9 Å². The minimum absolute atomic E-state index is 0.588. The van der Waals surface area contributed by atoms with Gasteiger partial charge in [0, 0.05) is 11.8 Å². The van der Waals surface area contributed by atoms with Crippen LogP contribution in [-0.2, 0) is 6.42 Å². The van der Waals surface area contributed by atoms with Crippen LogP contribution in [-0.4, -0.2) is 16.5 Å². The predicted molar refractivity (Wildman–Crippen MR) is 105 cm³/mol. The molecule has 4 heteroatoms. The average Bonchev–Trinajstić information content (AvgIpc) is 3.00. The molecule has 0 radical (unpaired) electrons. The lowest BCUT2D eigenvalue weighted by Crippen LogP contribution is -2.00. The monoisotopic (exact) mass is 356 g/mol. The van der Waals surface area contributed by atoms with Crippen LogP contribution in [0.5, 0.6) is 5.75 Å². The Kier molecular flexibility index (Phi) is 5.33. The van der Waals surface area contributed by atoms with E-state index in [2.05, 4.69) is 43.5 Å². The quantitative estimate of drug-likeness (QED) is 0.531. The van der Waals surface area contributed by atoms with Crippen molar-refractivity contribution < 1.29 is 4.74 Å². The van der Waals surface area contributed by atoms with Gasteiger partial charge in [-0.3, -0.25) is 0 Å². The highest BCUT2D eigenvalue weighted by atomic mass is 35.5. The molecule has 0 aliphatic heterocycles. The number of hydrogen-bond donors (Lipinski definition) is 0. The summed E-state index contributed by atoms with van der Waals surface area (Å²) in [5.41, 5.74) is 5.43. The average molecular weight is 357 g/mol. The molecule has 0 N–H and O–H groups in total. The predicted octanol–water partition coefficient (Wildman–Crippen LogP) is 6.13. The molecule has 0 spiro atoms. The van der Waals surface area contributed by atoms with Gasteiger partial charge in [-0.2, -0.15) is 0 Å². The molecule has 0 amide bonds. The van der Waals surface area contributed by atoms with Crippen LogP contribution in [0.3, 0.4) is 0 Å². The normalized spacial score (nSPS) is 11.4. The number of halogens is 1. The maximum Gasteiger partial charge on any atom is 0.137 e. The number of nitrogens with zero attached hydrogens (tertiary/aromatic N) is 2. The summed E-state index contributed by atoms with van der Waals surface area (Å²) < 4.78 is 7.48. The van der Waals surface area contributed by atoms with Gasteiger partial charge >= 0.3 is 0 Å². The molecule has 2 aromatic heterocycles. The third-order valence-corrected chi connectivity index (χ3v) is 5.28. The number of hydrogen-bond acceptors (Lipinski definition) is 2. The first-order valence-corrected chi connectivity index (χ1v) is 9.35. The maximum atomic E-state index is 6.50. The fraction of sp³-hybridized carbons (Fsp3) is 0.381. The van der Waals surface area contributed by atoms with E-state index in [-0.39, 0.29) is 0 Å². The molecule has 0 saturated carbocycles. The van der Waals surface area contributed by atoms with Crippen molar-refractivity contribution in [1.82, 2.24) is 9.38 Å². The molecular weight excluding hydrogens is 332 g/mol. The van der Waals surface area contributed by atoms with Gasteiger partial charge in [-0.25, -0.2) is 4.98 Å². The van der Waals surface area contributed by atoms with Crippen LogP contribution < -0.4 is 4.74 Å². The van der Waals surface area contributed by atoms with Crippen molar-refractivity contribution in [2.24, 2.45) is 0 Å². The smallest absolute Gasteiger partial charge is 0.137 e. The van der Waals surface area contributed by atoms with Gasteiger partial charge in [-0.1, -0.05) is 38.4 Å². The SMILES string of the molecule is CCc1c(-c2ccc(OC)cc2Cl)nc2ccc(C(CC)CC)cn12. The zero-order valence-corrected chi connectivity index (χ0v) is 16.1. The Morgan fingerprint density at radius 1 is 1.12 bits per heavy atom. The molecule has 3 rings (SSSR count). The highest BCUT2D eigenvalue weighted by molar-refractivity contribution is 6.33. The highest BCUT2D eigenvalue weighted by Gasteiger charge is 2.17. The molecule has 2 heterocycles. The molecule has 3 aromatic rings. The van der Waals surface area contributed by atoms with Crippen molar-refractivity contribution in [3.8, 4) is 17.0 Å². The van der Waals surface area contributed by atoms with Gasteiger partial charge in [0.25, 0.3) is 0 Å². The summed E-state index contributed by atoms with van der Waals surface area (Å²) in [4.78, 5) is 4.86. The minimum Gasteiger partial charge on any atom is -0.497 e. The zero-order chi connectivity index (χ0) is 18.0. The number of benzene rings is 1. The van der Waals surface area contributed by atoms with Gasteiger partial charge in [0.15, 0.2) is 0 Å². The lowest BCUT2D eigenvalue weighted by atomic mass is 9.95. The number of imidazole rings is 1. The van der Waals surface area contributed by atoms with E-state index in [0.29, 0.717) is 10.9 Å². The van der Waals surface area contributed by atoms with Crippen LogP contribution in [0.4, 0.5) is 0 Å². The Hall–Kier alpha value is -2.00. The molecule has 0 aliphatic rings. The van der Waals surface area contributed by atoms with E-state index in [1.807, 2.05) is 18.2 Å². The number of aryl methyl sites for hydroxylation is 1. The number of aromatic nitrogens is 2. The number of methoxy groups -OCH3 is 1. The number of ether oxygens (including phenoxy) is 1. The first-order chi connectivity index (χ1) is 12.1. The topological polar surface area (TPSA) is 26.5 Å². The van der Waals surface area contributed by atoms with Crippen molar-refractivity contribution in [3.05, 3.63) is 52.8 Å². The summed E-state index contributed by atoms with van der Waals surface area (Å²) in [5, 5.41) is 0.665. The van der Waals surface area contributed by atoms with Crippen molar-refractivity contribution in [1.29, 1.82) is 0 Å². The van der Waals surface area contributed by atoms with Crippen molar-refractivity contribution >= 4 is 17.2 Å². The lowest BCUT2D eigenvalue weighted by molar-refractivity contribution is 0.415. The Morgan fingerprint density at radius 3 is 2.48 bits per heavy atom. The first-order valence-electron chi connectivity index (χ1n) is 8.97. The molecule has 3 nitrogen and oxygen atoms in total. The van der Waals surface area contributed by atoms with Crippen LogP contribution in [0.2, 0.25) is 5.02 Å².